The molecule has 0 atom stereocenters. The quantitative estimate of drug-likeness (QED) is 0.438. The first-order chi connectivity index (χ1) is 15.0. The van der Waals surface area contributed by atoms with E-state index in [0.29, 0.717) is 27.8 Å². The molecular weight excluding hydrogens is 410 g/mol. The number of piperidine rings is 1. The average molecular weight is 441 g/mol. The maximum Gasteiger partial charge on any atom is 0.198 e. The number of rotatable bonds is 4. The topological polar surface area (TPSA) is 63.6 Å². The number of nitrogens with zero attached hydrogens (tertiary/aromatic N) is 2. The van der Waals surface area contributed by atoms with Crippen molar-refractivity contribution in [3.05, 3.63) is 53.6 Å². The Labute approximate surface area is 187 Å². The van der Waals surface area contributed by atoms with E-state index in [4.69, 9.17) is 0 Å². The van der Waals surface area contributed by atoms with Gasteiger partial charge in [-0.2, -0.15) is 0 Å². The number of benzene rings is 2. The van der Waals surface area contributed by atoms with Crippen molar-refractivity contribution in [2.24, 2.45) is 4.99 Å². The van der Waals surface area contributed by atoms with Crippen LogP contribution in [0.4, 0.5) is 20.2 Å². The van der Waals surface area contributed by atoms with Gasteiger partial charge in [0.2, 0.25) is 0 Å². The van der Waals surface area contributed by atoms with Gasteiger partial charge in [0.15, 0.2) is 5.88 Å². The molecule has 0 aliphatic carbocycles. The number of anilines is 1. The summed E-state index contributed by atoms with van der Waals surface area (Å²) < 4.78 is 28.5. The first-order valence-corrected chi connectivity index (χ1v) is 10.8. The van der Waals surface area contributed by atoms with Gasteiger partial charge < -0.3 is 15.4 Å². The minimum absolute atomic E-state index is 0.000928. The van der Waals surface area contributed by atoms with Crippen molar-refractivity contribution in [2.75, 3.05) is 12.4 Å². The fourth-order valence-corrected chi connectivity index (χ4v) is 4.84. The second kappa shape index (κ2) is 7.89. The minimum Gasteiger partial charge on any atom is -0.494 e. The SMILES string of the molecule is CN1C(C)(C)CC(Nc2ccc(N=Cc3c(O)[nH]c4ccc(F)cc34)cc2F)CC1(C)C. The van der Waals surface area contributed by atoms with E-state index < -0.39 is 5.82 Å². The molecule has 170 valence electrons. The number of H-pyrrole nitrogens is 1. The van der Waals surface area contributed by atoms with Crippen LogP contribution >= 0.6 is 0 Å². The molecule has 3 N–H and O–H groups in total. The van der Waals surface area contributed by atoms with Crippen LogP contribution in [0.3, 0.4) is 0 Å². The predicted molar refractivity (Wildman–Crippen MR) is 126 cm³/mol. The molecule has 3 aromatic rings. The van der Waals surface area contributed by atoms with E-state index in [-0.39, 0.29) is 28.8 Å². The highest BCUT2D eigenvalue weighted by Crippen LogP contribution is 2.38. The van der Waals surface area contributed by atoms with E-state index in [1.807, 2.05) is 0 Å². The van der Waals surface area contributed by atoms with Crippen LogP contribution in [0, 0.1) is 11.6 Å². The van der Waals surface area contributed by atoms with E-state index in [1.165, 1.54) is 24.4 Å². The summed E-state index contributed by atoms with van der Waals surface area (Å²) in [5, 5.41) is 14.0. The van der Waals surface area contributed by atoms with Gasteiger partial charge in [-0.25, -0.2) is 8.78 Å². The fraction of sp³-hybridized carbons (Fsp3) is 0.400. The number of halogens is 2. The third-order valence-corrected chi connectivity index (χ3v) is 6.74. The van der Waals surface area contributed by atoms with Gasteiger partial charge in [0.05, 0.1) is 16.9 Å². The number of hydrogen-bond donors (Lipinski definition) is 3. The predicted octanol–water partition coefficient (Wildman–Crippen LogP) is 5.97. The minimum atomic E-state index is -0.409. The standard InChI is InChI=1S/C25H30F2N4O/c1-24(2)12-17(13-25(3,4)31(24)5)29-22-9-7-16(11-20(22)27)28-14-19-18-10-15(26)6-8-21(18)30-23(19)32/h6-11,14,17,29-30,32H,12-13H2,1-5H3. The molecule has 0 spiro atoms. The molecule has 32 heavy (non-hydrogen) atoms. The maximum absolute atomic E-state index is 14.9. The third-order valence-electron chi connectivity index (χ3n) is 6.74. The second-order valence-corrected chi connectivity index (χ2v) is 9.93. The summed E-state index contributed by atoms with van der Waals surface area (Å²) in [6.07, 6.45) is 3.23. The molecule has 1 aliphatic heterocycles. The van der Waals surface area contributed by atoms with Gasteiger partial charge in [-0.15, -0.1) is 0 Å². The van der Waals surface area contributed by atoms with E-state index in [2.05, 4.69) is 54.9 Å². The molecule has 7 heteroatoms. The maximum atomic E-state index is 14.9. The van der Waals surface area contributed by atoms with Crippen molar-refractivity contribution in [3.8, 4) is 5.88 Å². The van der Waals surface area contributed by atoms with Crippen molar-refractivity contribution < 1.29 is 13.9 Å². The van der Waals surface area contributed by atoms with Gasteiger partial charge in [0, 0.05) is 40.3 Å². The highest BCUT2D eigenvalue weighted by atomic mass is 19.1. The zero-order valence-electron chi connectivity index (χ0n) is 19.1. The van der Waals surface area contributed by atoms with Crippen LogP contribution in [0.15, 0.2) is 41.4 Å². The van der Waals surface area contributed by atoms with Crippen LogP contribution in [-0.4, -0.2) is 45.4 Å². The van der Waals surface area contributed by atoms with E-state index in [1.54, 1.807) is 18.2 Å². The van der Waals surface area contributed by atoms with Crippen LogP contribution in [0.25, 0.3) is 10.9 Å². The largest absolute Gasteiger partial charge is 0.494 e. The molecule has 0 radical (unpaired) electrons. The lowest BCUT2D eigenvalue weighted by Gasteiger charge is -2.53. The Morgan fingerprint density at radius 2 is 1.78 bits per heavy atom. The number of aromatic amines is 1. The molecule has 1 fully saturated rings. The van der Waals surface area contributed by atoms with Crippen LogP contribution in [-0.2, 0) is 0 Å². The number of nitrogens with one attached hydrogen (secondary N) is 2. The van der Waals surface area contributed by atoms with Gasteiger partial charge in [-0.3, -0.25) is 9.89 Å². The number of likely N-dealkylation sites (tertiary alicyclic amines) is 1. The lowest BCUT2D eigenvalue weighted by Crippen LogP contribution is -2.61. The summed E-state index contributed by atoms with van der Waals surface area (Å²) in [4.78, 5) is 9.46. The highest BCUT2D eigenvalue weighted by molar-refractivity contribution is 6.02. The Balaban J connectivity index is 1.53. The summed E-state index contributed by atoms with van der Waals surface area (Å²) in [7, 11) is 2.14. The summed E-state index contributed by atoms with van der Waals surface area (Å²) in [6.45, 7) is 8.84. The summed E-state index contributed by atoms with van der Waals surface area (Å²) >= 11 is 0. The number of aromatic nitrogens is 1. The van der Waals surface area contributed by atoms with Crippen LogP contribution in [0.5, 0.6) is 5.88 Å². The molecule has 4 rings (SSSR count). The van der Waals surface area contributed by atoms with Crippen LogP contribution < -0.4 is 5.32 Å². The van der Waals surface area contributed by atoms with Crippen molar-refractivity contribution in [2.45, 2.75) is 57.7 Å². The molecule has 0 saturated carbocycles. The molecule has 0 bridgehead atoms. The molecule has 1 aliphatic rings. The van der Waals surface area contributed by atoms with Crippen molar-refractivity contribution in [3.63, 3.8) is 0 Å². The van der Waals surface area contributed by atoms with Crippen molar-refractivity contribution in [1.82, 2.24) is 9.88 Å². The third kappa shape index (κ3) is 4.21. The monoisotopic (exact) mass is 440 g/mol. The van der Waals surface area contributed by atoms with Gasteiger partial charge in [-0.05, 0) is 77.9 Å². The van der Waals surface area contributed by atoms with Gasteiger partial charge in [0.25, 0.3) is 0 Å². The normalized spacial score (nSPS) is 19.1. The fourth-order valence-electron chi connectivity index (χ4n) is 4.84. The van der Waals surface area contributed by atoms with Gasteiger partial charge in [0.1, 0.15) is 11.6 Å². The molecule has 1 saturated heterocycles. The molecule has 0 unspecified atom stereocenters. The van der Waals surface area contributed by atoms with Crippen molar-refractivity contribution in [1.29, 1.82) is 0 Å². The zero-order chi connectivity index (χ0) is 23.3. The summed E-state index contributed by atoms with van der Waals surface area (Å²) in [5.41, 5.74) is 1.81. The van der Waals surface area contributed by atoms with Gasteiger partial charge in [-0.1, -0.05) is 0 Å². The Morgan fingerprint density at radius 1 is 1.09 bits per heavy atom. The molecule has 2 aromatic carbocycles. The van der Waals surface area contributed by atoms with Crippen LogP contribution in [0.1, 0.15) is 46.1 Å². The van der Waals surface area contributed by atoms with E-state index in [0.717, 1.165) is 12.8 Å². The number of hydrogen-bond acceptors (Lipinski definition) is 4. The number of aliphatic imine (C=N–C) groups is 1. The first kappa shape index (κ1) is 22.3. The molecule has 2 heterocycles. The highest BCUT2D eigenvalue weighted by Gasteiger charge is 2.43. The summed E-state index contributed by atoms with van der Waals surface area (Å²) in [5.74, 6) is -0.906. The number of fused-ring (bicyclic) bond motifs is 1. The lowest BCUT2D eigenvalue weighted by atomic mass is 9.77. The summed E-state index contributed by atoms with van der Waals surface area (Å²) in [6, 6.07) is 9.11. The molecule has 0 amide bonds. The Morgan fingerprint density at radius 3 is 2.44 bits per heavy atom. The zero-order valence-corrected chi connectivity index (χ0v) is 19.1. The lowest BCUT2D eigenvalue weighted by molar-refractivity contribution is -0.00772. The van der Waals surface area contributed by atoms with Crippen molar-refractivity contribution >= 4 is 28.5 Å². The number of aromatic hydroxyl groups is 1. The first-order valence-electron chi connectivity index (χ1n) is 10.8. The van der Waals surface area contributed by atoms with E-state index >= 15 is 0 Å². The van der Waals surface area contributed by atoms with Gasteiger partial charge >= 0.3 is 0 Å². The molecule has 5 nitrogen and oxygen atoms in total. The molecule has 1 aromatic heterocycles. The van der Waals surface area contributed by atoms with E-state index in [9.17, 15) is 13.9 Å². The second-order valence-electron chi connectivity index (χ2n) is 9.93. The van der Waals surface area contributed by atoms with Crippen LogP contribution in [0.2, 0.25) is 0 Å². The average Bonchev–Trinajstić information content (AvgIpc) is 3.00. The Bertz CT molecular complexity index is 1160. The molecular formula is C25H30F2N4O. The Kier molecular flexibility index (Phi) is 5.49. The smallest absolute Gasteiger partial charge is 0.198 e. The Hall–Kier alpha value is -2.93.